The maximum absolute atomic E-state index is 12.8. The third kappa shape index (κ3) is 3.58. The Bertz CT molecular complexity index is 1130. The lowest BCUT2D eigenvalue weighted by molar-refractivity contribution is -0.119. The van der Waals surface area contributed by atoms with Crippen molar-refractivity contribution in [1.29, 1.82) is 0 Å². The number of carbonyl (C=O) groups is 1. The van der Waals surface area contributed by atoms with Crippen LogP contribution in [0.1, 0.15) is 32.0 Å². The maximum Gasteiger partial charge on any atom is 0.254 e. The molecule has 1 amide bonds. The van der Waals surface area contributed by atoms with Crippen LogP contribution < -0.4 is 10.9 Å². The number of aromatic nitrogens is 3. The summed E-state index contributed by atoms with van der Waals surface area (Å²) in [5.74, 6) is 0.183. The second-order valence-corrected chi connectivity index (χ2v) is 10.1. The van der Waals surface area contributed by atoms with Gasteiger partial charge < -0.3 is 5.32 Å². The van der Waals surface area contributed by atoms with E-state index in [2.05, 4.69) is 15.3 Å². The Hall–Kier alpha value is -2.19. The standard InChI is InChI=1S/C20H22N4O2S2/c1-11-6-5-7-13-16(11)22-18(28-13)23-17(26)12-9-24-15(25)8-14(20(2,3)4)21-19(24)27-10-12/h5-8,12H,9-10H2,1-4H3,(H,22,23,26)/t12-/m1/s1. The SMILES string of the molecule is Cc1cccc2sc(NC(=O)[C@H]3CSc4nc(C(C)(C)C)cc(=O)n4C3)nc12. The van der Waals surface area contributed by atoms with Crippen LogP contribution in [0.2, 0.25) is 0 Å². The Balaban J connectivity index is 1.54. The fourth-order valence-corrected chi connectivity index (χ4v) is 5.14. The predicted molar refractivity (Wildman–Crippen MR) is 114 cm³/mol. The zero-order valence-electron chi connectivity index (χ0n) is 16.3. The Labute approximate surface area is 171 Å². The molecule has 8 heteroatoms. The fraction of sp³-hybridized carbons (Fsp3) is 0.400. The van der Waals surface area contributed by atoms with Crippen LogP contribution in [-0.2, 0) is 16.8 Å². The number of amides is 1. The van der Waals surface area contributed by atoms with Gasteiger partial charge in [-0.15, -0.1) is 0 Å². The number of hydrogen-bond donors (Lipinski definition) is 1. The minimum atomic E-state index is -0.300. The van der Waals surface area contributed by atoms with E-state index < -0.39 is 0 Å². The highest BCUT2D eigenvalue weighted by Crippen LogP contribution is 2.31. The number of hydrogen-bond acceptors (Lipinski definition) is 6. The molecule has 1 aliphatic heterocycles. The molecule has 0 fully saturated rings. The summed E-state index contributed by atoms with van der Waals surface area (Å²) in [6.07, 6.45) is 0. The monoisotopic (exact) mass is 414 g/mol. The molecule has 4 rings (SSSR count). The van der Waals surface area contributed by atoms with E-state index in [1.807, 2.05) is 45.9 Å². The van der Waals surface area contributed by atoms with Gasteiger partial charge in [-0.25, -0.2) is 9.97 Å². The van der Waals surface area contributed by atoms with Crippen LogP contribution in [0.3, 0.4) is 0 Å². The zero-order chi connectivity index (χ0) is 20.1. The number of anilines is 1. The first-order valence-corrected chi connectivity index (χ1v) is 10.9. The summed E-state index contributed by atoms with van der Waals surface area (Å²) >= 11 is 2.93. The van der Waals surface area contributed by atoms with Crippen LogP contribution in [0.5, 0.6) is 0 Å². The van der Waals surface area contributed by atoms with Gasteiger partial charge in [0.15, 0.2) is 10.3 Å². The van der Waals surface area contributed by atoms with E-state index in [4.69, 9.17) is 0 Å². The second-order valence-electron chi connectivity index (χ2n) is 8.06. The Kier molecular flexibility index (Phi) is 4.79. The van der Waals surface area contributed by atoms with Gasteiger partial charge in [0.2, 0.25) is 5.91 Å². The van der Waals surface area contributed by atoms with Crippen molar-refractivity contribution >= 4 is 44.4 Å². The molecule has 3 aromatic rings. The van der Waals surface area contributed by atoms with Gasteiger partial charge in [-0.3, -0.25) is 14.2 Å². The number of nitrogens with one attached hydrogen (secondary N) is 1. The minimum Gasteiger partial charge on any atom is -0.302 e. The average Bonchev–Trinajstić information content (AvgIpc) is 3.04. The van der Waals surface area contributed by atoms with Crippen LogP contribution in [0.15, 0.2) is 34.2 Å². The largest absolute Gasteiger partial charge is 0.302 e. The fourth-order valence-electron chi connectivity index (χ4n) is 3.10. The molecule has 28 heavy (non-hydrogen) atoms. The van der Waals surface area contributed by atoms with E-state index in [0.717, 1.165) is 21.5 Å². The summed E-state index contributed by atoms with van der Waals surface area (Å²) in [5, 5.41) is 4.22. The molecule has 0 saturated carbocycles. The molecule has 146 valence electrons. The van der Waals surface area contributed by atoms with Crippen molar-refractivity contribution in [3.05, 3.63) is 45.9 Å². The van der Waals surface area contributed by atoms with E-state index in [0.29, 0.717) is 22.6 Å². The first-order chi connectivity index (χ1) is 13.2. The van der Waals surface area contributed by atoms with Gasteiger partial charge in [0.25, 0.3) is 5.56 Å². The van der Waals surface area contributed by atoms with Crippen LogP contribution in [0.25, 0.3) is 10.2 Å². The number of thiazole rings is 1. The van der Waals surface area contributed by atoms with Crippen molar-refractivity contribution in [3.8, 4) is 0 Å². The highest BCUT2D eigenvalue weighted by molar-refractivity contribution is 7.99. The van der Waals surface area contributed by atoms with Gasteiger partial charge in [0.05, 0.1) is 21.8 Å². The minimum absolute atomic E-state index is 0.101. The third-order valence-electron chi connectivity index (χ3n) is 4.78. The summed E-state index contributed by atoms with van der Waals surface area (Å²) in [6.45, 7) is 8.46. The summed E-state index contributed by atoms with van der Waals surface area (Å²) in [4.78, 5) is 34.6. The lowest BCUT2D eigenvalue weighted by Gasteiger charge is -2.26. The molecule has 0 bridgehead atoms. The quantitative estimate of drug-likeness (QED) is 0.645. The topological polar surface area (TPSA) is 76.9 Å². The molecular weight excluding hydrogens is 392 g/mol. The second kappa shape index (κ2) is 7.00. The molecular formula is C20H22N4O2S2. The predicted octanol–water partition coefficient (Wildman–Crippen LogP) is 3.82. The van der Waals surface area contributed by atoms with Gasteiger partial charge in [0.1, 0.15) is 0 Å². The van der Waals surface area contributed by atoms with E-state index in [9.17, 15) is 9.59 Å². The van der Waals surface area contributed by atoms with Crippen molar-refractivity contribution in [3.63, 3.8) is 0 Å². The molecule has 0 spiro atoms. The van der Waals surface area contributed by atoms with Crippen LogP contribution in [-0.4, -0.2) is 26.2 Å². The molecule has 0 aliphatic carbocycles. The van der Waals surface area contributed by atoms with E-state index >= 15 is 0 Å². The van der Waals surface area contributed by atoms with Crippen LogP contribution >= 0.6 is 23.1 Å². The molecule has 3 heterocycles. The van der Waals surface area contributed by atoms with Gasteiger partial charge in [-0.2, -0.15) is 0 Å². The van der Waals surface area contributed by atoms with E-state index in [-0.39, 0.29) is 22.8 Å². The molecule has 1 atom stereocenters. The van der Waals surface area contributed by atoms with Crippen LogP contribution in [0.4, 0.5) is 5.13 Å². The molecule has 2 aromatic heterocycles. The molecule has 0 radical (unpaired) electrons. The number of nitrogens with zero attached hydrogens (tertiary/aromatic N) is 3. The lowest BCUT2D eigenvalue weighted by Crippen LogP contribution is -2.37. The van der Waals surface area contributed by atoms with E-state index in [1.165, 1.54) is 23.1 Å². The molecule has 1 aromatic carbocycles. The Morgan fingerprint density at radius 1 is 1.29 bits per heavy atom. The summed E-state index contributed by atoms with van der Waals surface area (Å²) in [6, 6.07) is 7.58. The van der Waals surface area contributed by atoms with Gasteiger partial charge >= 0.3 is 0 Å². The maximum atomic E-state index is 12.8. The number of aryl methyl sites for hydroxylation is 1. The summed E-state index contributed by atoms with van der Waals surface area (Å²) in [5.41, 5.74) is 2.50. The number of carbonyl (C=O) groups excluding carboxylic acids is 1. The molecule has 0 unspecified atom stereocenters. The molecule has 0 saturated heterocycles. The number of benzene rings is 1. The smallest absolute Gasteiger partial charge is 0.254 e. The molecule has 1 N–H and O–H groups in total. The van der Waals surface area contributed by atoms with Gasteiger partial charge in [-0.05, 0) is 18.6 Å². The number of thioether (sulfide) groups is 1. The first-order valence-electron chi connectivity index (χ1n) is 9.14. The van der Waals surface area contributed by atoms with Crippen LogP contribution in [0, 0.1) is 12.8 Å². The Morgan fingerprint density at radius 2 is 2.07 bits per heavy atom. The highest BCUT2D eigenvalue weighted by atomic mass is 32.2. The van der Waals surface area contributed by atoms with Gasteiger partial charge in [0, 0.05) is 23.8 Å². The van der Waals surface area contributed by atoms with E-state index in [1.54, 1.807) is 10.6 Å². The molecule has 6 nitrogen and oxygen atoms in total. The number of fused-ring (bicyclic) bond motifs is 2. The number of rotatable bonds is 2. The van der Waals surface area contributed by atoms with Crippen molar-refractivity contribution in [2.24, 2.45) is 5.92 Å². The summed E-state index contributed by atoms with van der Waals surface area (Å²) in [7, 11) is 0. The average molecular weight is 415 g/mol. The number of para-hydroxylation sites is 1. The highest BCUT2D eigenvalue weighted by Gasteiger charge is 2.29. The van der Waals surface area contributed by atoms with Crippen molar-refractivity contribution in [1.82, 2.24) is 14.5 Å². The van der Waals surface area contributed by atoms with Crippen molar-refractivity contribution in [2.45, 2.75) is 44.8 Å². The zero-order valence-corrected chi connectivity index (χ0v) is 17.9. The molecule has 1 aliphatic rings. The van der Waals surface area contributed by atoms with Crippen molar-refractivity contribution in [2.75, 3.05) is 11.1 Å². The van der Waals surface area contributed by atoms with Crippen molar-refractivity contribution < 1.29 is 4.79 Å². The lowest BCUT2D eigenvalue weighted by atomic mass is 9.92. The normalized spacial score (nSPS) is 16.8. The Morgan fingerprint density at radius 3 is 2.79 bits per heavy atom. The first kappa shape index (κ1) is 19.1. The van der Waals surface area contributed by atoms with Gasteiger partial charge in [-0.1, -0.05) is 56.0 Å². The summed E-state index contributed by atoms with van der Waals surface area (Å²) < 4.78 is 2.66. The third-order valence-corrected chi connectivity index (χ3v) is 6.85.